The Morgan fingerprint density at radius 1 is 1.13 bits per heavy atom. The van der Waals surface area contributed by atoms with Gasteiger partial charge < -0.3 is 5.32 Å². The number of para-hydroxylation sites is 2. The van der Waals surface area contributed by atoms with Crippen LogP contribution in [0.5, 0.6) is 0 Å². The molecule has 1 aromatic heterocycles. The Balaban J connectivity index is 1.73. The van der Waals surface area contributed by atoms with Crippen molar-refractivity contribution >= 4 is 23.2 Å². The molecule has 3 rings (SSSR count). The second kappa shape index (κ2) is 9.53. The van der Waals surface area contributed by atoms with Crippen molar-refractivity contribution in [3.63, 3.8) is 0 Å². The van der Waals surface area contributed by atoms with Crippen LogP contribution in [0.4, 0.5) is 18.9 Å². The van der Waals surface area contributed by atoms with Crippen molar-refractivity contribution < 1.29 is 18.0 Å². The summed E-state index contributed by atoms with van der Waals surface area (Å²) < 4.78 is 41.1. The highest BCUT2D eigenvalue weighted by Crippen LogP contribution is 2.34. The fourth-order valence-electron chi connectivity index (χ4n) is 3.19. The van der Waals surface area contributed by atoms with Crippen molar-refractivity contribution in [1.29, 1.82) is 0 Å². The van der Waals surface area contributed by atoms with Crippen molar-refractivity contribution in [2.75, 3.05) is 18.4 Å². The summed E-state index contributed by atoms with van der Waals surface area (Å²) in [5, 5.41) is 7.29. The quantitative estimate of drug-likeness (QED) is 0.530. The van der Waals surface area contributed by atoms with Gasteiger partial charge in [0, 0.05) is 12.1 Å². The number of aromatic nitrogens is 2. The summed E-state index contributed by atoms with van der Waals surface area (Å²) in [5.74, 6) is -0.539. The molecule has 1 N–H and O–H groups in total. The molecule has 2 aromatic carbocycles. The van der Waals surface area contributed by atoms with Gasteiger partial charge in [-0.1, -0.05) is 48.9 Å². The van der Waals surface area contributed by atoms with Gasteiger partial charge in [-0.25, -0.2) is 4.68 Å². The number of amides is 1. The highest BCUT2D eigenvalue weighted by Gasteiger charge is 2.33. The number of likely N-dealkylation sites (N-methyl/N-ethyl adjacent to an activating group) is 1. The van der Waals surface area contributed by atoms with Crippen LogP contribution in [0.25, 0.3) is 5.69 Å². The van der Waals surface area contributed by atoms with E-state index in [0.29, 0.717) is 18.2 Å². The molecular weight excluding hydrogens is 429 g/mol. The Bertz CT molecular complexity index is 1050. The van der Waals surface area contributed by atoms with Crippen LogP contribution in [0.3, 0.4) is 0 Å². The molecule has 5 nitrogen and oxygen atoms in total. The molecule has 0 bridgehead atoms. The highest BCUT2D eigenvalue weighted by molar-refractivity contribution is 6.30. The summed E-state index contributed by atoms with van der Waals surface area (Å²) in [6, 6.07) is 14.3. The van der Waals surface area contributed by atoms with Gasteiger partial charge in [-0.2, -0.15) is 18.3 Å². The Morgan fingerprint density at radius 2 is 1.77 bits per heavy atom. The van der Waals surface area contributed by atoms with E-state index in [4.69, 9.17) is 11.6 Å². The van der Waals surface area contributed by atoms with Gasteiger partial charge in [0.15, 0.2) is 0 Å². The van der Waals surface area contributed by atoms with Crippen molar-refractivity contribution in [2.24, 2.45) is 0 Å². The second-order valence-corrected chi connectivity index (χ2v) is 7.35. The standard InChI is InChI=1S/C22H22ClF3N4O/c1-3-29(14-20(31)27-19-12-8-7-11-18(19)22(24,25)26)13-17-15(2)28-30(21(17)23)16-9-5-4-6-10-16/h4-12H,3,13-14H2,1-2H3,(H,27,31). The molecule has 0 unspecified atom stereocenters. The maximum absolute atomic E-state index is 13.2. The van der Waals surface area contributed by atoms with E-state index in [1.807, 2.05) is 44.2 Å². The van der Waals surface area contributed by atoms with Crippen molar-refractivity contribution in [2.45, 2.75) is 26.6 Å². The molecule has 0 aliphatic rings. The van der Waals surface area contributed by atoms with E-state index in [0.717, 1.165) is 23.0 Å². The Labute approximate surface area is 183 Å². The molecule has 0 fully saturated rings. The number of rotatable bonds is 7. The van der Waals surface area contributed by atoms with E-state index < -0.39 is 17.6 Å². The normalized spacial score (nSPS) is 11.7. The van der Waals surface area contributed by atoms with Crippen molar-refractivity contribution in [1.82, 2.24) is 14.7 Å². The smallest absolute Gasteiger partial charge is 0.324 e. The molecule has 9 heteroatoms. The first-order chi connectivity index (χ1) is 14.7. The zero-order chi connectivity index (χ0) is 22.6. The summed E-state index contributed by atoms with van der Waals surface area (Å²) in [6.45, 7) is 4.44. The summed E-state index contributed by atoms with van der Waals surface area (Å²) in [5.41, 5.74) is 1.15. The SMILES string of the molecule is CCN(CC(=O)Nc1ccccc1C(F)(F)F)Cc1c(C)nn(-c2ccccc2)c1Cl. The third-order valence-corrected chi connectivity index (χ3v) is 5.21. The average molecular weight is 451 g/mol. The Hall–Kier alpha value is -2.84. The minimum absolute atomic E-state index is 0.0883. The number of benzene rings is 2. The maximum Gasteiger partial charge on any atom is 0.418 e. The minimum Gasteiger partial charge on any atom is -0.324 e. The van der Waals surface area contributed by atoms with Crippen molar-refractivity contribution in [3.05, 3.63) is 76.6 Å². The predicted octanol–water partition coefficient (Wildman–Crippen LogP) is 5.31. The van der Waals surface area contributed by atoms with Gasteiger partial charge in [-0.15, -0.1) is 0 Å². The highest BCUT2D eigenvalue weighted by atomic mass is 35.5. The van der Waals surface area contributed by atoms with E-state index in [9.17, 15) is 18.0 Å². The number of hydrogen-bond donors (Lipinski definition) is 1. The summed E-state index contributed by atoms with van der Waals surface area (Å²) >= 11 is 6.55. The van der Waals surface area contributed by atoms with Crippen LogP contribution in [-0.4, -0.2) is 33.7 Å². The number of alkyl halides is 3. The number of nitrogens with one attached hydrogen (secondary N) is 1. The van der Waals surface area contributed by atoms with Crippen LogP contribution in [0, 0.1) is 6.92 Å². The maximum atomic E-state index is 13.2. The summed E-state index contributed by atoms with van der Waals surface area (Å²) in [7, 11) is 0. The van der Waals surface area contributed by atoms with Gasteiger partial charge in [0.1, 0.15) is 5.15 Å². The van der Waals surface area contributed by atoms with Crippen LogP contribution in [-0.2, 0) is 17.5 Å². The van der Waals surface area contributed by atoms with E-state index in [1.165, 1.54) is 18.2 Å². The lowest BCUT2D eigenvalue weighted by Crippen LogP contribution is -2.33. The second-order valence-electron chi connectivity index (χ2n) is 7.00. The fourth-order valence-corrected chi connectivity index (χ4v) is 3.52. The van der Waals surface area contributed by atoms with Gasteiger partial charge in [0.25, 0.3) is 0 Å². The first-order valence-corrected chi connectivity index (χ1v) is 10.1. The number of carbonyl (C=O) groups excluding carboxylic acids is 1. The molecule has 0 atom stereocenters. The zero-order valence-electron chi connectivity index (χ0n) is 17.1. The molecule has 0 aliphatic heterocycles. The number of hydrogen-bond acceptors (Lipinski definition) is 3. The number of nitrogens with zero attached hydrogens (tertiary/aromatic N) is 3. The fraction of sp³-hybridized carbons (Fsp3) is 0.273. The van der Waals surface area contributed by atoms with E-state index >= 15 is 0 Å². The van der Waals surface area contributed by atoms with Crippen LogP contribution in [0.15, 0.2) is 54.6 Å². The predicted molar refractivity (Wildman–Crippen MR) is 114 cm³/mol. The zero-order valence-corrected chi connectivity index (χ0v) is 17.8. The molecule has 3 aromatic rings. The average Bonchev–Trinajstić information content (AvgIpc) is 3.01. The summed E-state index contributed by atoms with van der Waals surface area (Å²) in [4.78, 5) is 14.3. The molecule has 0 aliphatic carbocycles. The topological polar surface area (TPSA) is 50.2 Å². The largest absolute Gasteiger partial charge is 0.418 e. The van der Waals surface area contributed by atoms with Gasteiger partial charge >= 0.3 is 6.18 Å². The van der Waals surface area contributed by atoms with Gasteiger partial charge in [-0.05, 0) is 37.7 Å². The first kappa shape index (κ1) is 22.8. The number of aryl methyl sites for hydroxylation is 1. The van der Waals surface area contributed by atoms with E-state index in [-0.39, 0.29) is 12.2 Å². The number of halogens is 4. The number of carbonyl (C=O) groups is 1. The van der Waals surface area contributed by atoms with Crippen molar-refractivity contribution in [3.8, 4) is 5.69 Å². The van der Waals surface area contributed by atoms with Crippen LogP contribution >= 0.6 is 11.6 Å². The third-order valence-electron chi connectivity index (χ3n) is 4.83. The van der Waals surface area contributed by atoms with Gasteiger partial charge in [-0.3, -0.25) is 9.69 Å². The molecular formula is C22H22ClF3N4O. The first-order valence-electron chi connectivity index (χ1n) is 9.68. The van der Waals surface area contributed by atoms with Gasteiger partial charge in [0.2, 0.25) is 5.91 Å². The monoisotopic (exact) mass is 450 g/mol. The molecule has 0 spiro atoms. The molecule has 0 radical (unpaired) electrons. The lowest BCUT2D eigenvalue weighted by Gasteiger charge is -2.21. The van der Waals surface area contributed by atoms with Crippen LogP contribution in [0.1, 0.15) is 23.7 Å². The molecule has 0 saturated heterocycles. The van der Waals surface area contributed by atoms with E-state index in [2.05, 4.69) is 10.4 Å². The van der Waals surface area contributed by atoms with E-state index in [1.54, 1.807) is 9.58 Å². The van der Waals surface area contributed by atoms with Crippen LogP contribution < -0.4 is 5.32 Å². The van der Waals surface area contributed by atoms with Crippen LogP contribution in [0.2, 0.25) is 5.15 Å². The molecule has 1 heterocycles. The van der Waals surface area contributed by atoms with Gasteiger partial charge in [0.05, 0.1) is 29.2 Å². The Kier molecular flexibility index (Phi) is 7.02. The third kappa shape index (κ3) is 5.45. The Morgan fingerprint density at radius 3 is 2.42 bits per heavy atom. The molecule has 1 amide bonds. The number of anilines is 1. The lowest BCUT2D eigenvalue weighted by atomic mass is 10.1. The minimum atomic E-state index is -4.55. The summed E-state index contributed by atoms with van der Waals surface area (Å²) in [6.07, 6.45) is -4.55. The molecule has 0 saturated carbocycles. The molecule has 164 valence electrons. The lowest BCUT2D eigenvalue weighted by molar-refractivity contribution is -0.137. The molecule has 31 heavy (non-hydrogen) atoms.